The minimum Gasteiger partial charge on any atom is -0.466 e. The zero-order chi connectivity index (χ0) is 16.2. The third-order valence-electron chi connectivity index (χ3n) is 2.68. The highest BCUT2D eigenvalue weighted by atomic mass is 35.6. The lowest BCUT2D eigenvalue weighted by atomic mass is 10.2. The van der Waals surface area contributed by atoms with Gasteiger partial charge in [-0.1, -0.05) is 76.7 Å². The fourth-order valence-electron chi connectivity index (χ4n) is 1.66. The third-order valence-corrected chi connectivity index (χ3v) is 3.60. The normalized spacial score (nSPS) is 12.5. The molecule has 0 heterocycles. The summed E-state index contributed by atoms with van der Waals surface area (Å²) in [5.41, 5.74) is 0.264. The molecule has 2 aromatic carbocycles. The molecule has 0 aliphatic rings. The van der Waals surface area contributed by atoms with Crippen molar-refractivity contribution in [3.05, 3.63) is 65.2 Å². The van der Waals surface area contributed by atoms with E-state index in [1.807, 2.05) is 6.07 Å². The highest BCUT2D eigenvalue weighted by molar-refractivity contribution is 6.68. The Morgan fingerprint density at radius 3 is 2.18 bits per heavy atom. The van der Waals surface area contributed by atoms with E-state index in [0.717, 1.165) is 0 Å². The van der Waals surface area contributed by atoms with Crippen molar-refractivity contribution in [2.45, 2.75) is 10.0 Å². The van der Waals surface area contributed by atoms with Gasteiger partial charge in [-0.15, -0.1) is 0 Å². The molecule has 1 amide bonds. The van der Waals surface area contributed by atoms with Crippen LogP contribution in [0.25, 0.3) is 0 Å². The number of para-hydroxylation sites is 1. The molecule has 2 rings (SSSR count). The van der Waals surface area contributed by atoms with Crippen molar-refractivity contribution in [3.63, 3.8) is 0 Å². The first-order valence-corrected chi connectivity index (χ1v) is 7.73. The van der Waals surface area contributed by atoms with Crippen molar-refractivity contribution in [3.8, 4) is 5.75 Å². The number of nitrogens with one attached hydrogen (secondary N) is 1. The zero-order valence-electron chi connectivity index (χ0n) is 11.1. The number of carbonyl (C=O) groups is 1. The van der Waals surface area contributed by atoms with Crippen LogP contribution in [0.1, 0.15) is 10.4 Å². The van der Waals surface area contributed by atoms with Gasteiger partial charge in [0.1, 0.15) is 5.75 Å². The maximum absolute atomic E-state index is 12.3. The molecule has 0 aromatic heterocycles. The number of alkyl halides is 3. The zero-order valence-corrected chi connectivity index (χ0v) is 14.1. The van der Waals surface area contributed by atoms with E-state index in [9.17, 15) is 4.79 Å². The first-order valence-electron chi connectivity index (χ1n) is 6.22. The van der Waals surface area contributed by atoms with E-state index >= 15 is 0 Å². The Balaban J connectivity index is 2.17. The monoisotopic (exact) mass is 377 g/mol. The summed E-state index contributed by atoms with van der Waals surface area (Å²) in [6.07, 6.45) is -1.18. The Morgan fingerprint density at radius 1 is 1.00 bits per heavy atom. The van der Waals surface area contributed by atoms with Gasteiger partial charge in [-0.2, -0.15) is 0 Å². The smallest absolute Gasteiger partial charge is 0.255 e. The lowest BCUT2D eigenvalue weighted by molar-refractivity contribution is 0.0833. The standard InChI is InChI=1S/C15H11Cl4NO2/c16-12-9-5-4-8-11(12)13(21)20-14(15(17,18)19)22-10-6-2-1-3-7-10/h1-9,14H,(H,20,21)/t14-/m1/s1. The first kappa shape index (κ1) is 17.2. The van der Waals surface area contributed by atoms with Crippen LogP contribution in [-0.4, -0.2) is 15.9 Å². The Hall–Kier alpha value is -1.13. The van der Waals surface area contributed by atoms with Crippen LogP contribution >= 0.6 is 46.4 Å². The van der Waals surface area contributed by atoms with Gasteiger partial charge in [0, 0.05) is 0 Å². The minimum absolute atomic E-state index is 0.264. The Labute approximate surface area is 148 Å². The fraction of sp³-hybridized carbons (Fsp3) is 0.133. The number of halogens is 4. The topological polar surface area (TPSA) is 38.3 Å². The maximum atomic E-state index is 12.3. The average molecular weight is 379 g/mol. The molecule has 1 N–H and O–H groups in total. The van der Waals surface area contributed by atoms with E-state index in [1.165, 1.54) is 0 Å². The summed E-state index contributed by atoms with van der Waals surface area (Å²) in [5, 5.41) is 2.82. The van der Waals surface area contributed by atoms with Crippen LogP contribution in [0.15, 0.2) is 54.6 Å². The molecule has 7 heteroatoms. The summed E-state index contributed by atoms with van der Waals surface area (Å²) < 4.78 is 3.69. The molecular weight excluding hydrogens is 368 g/mol. The first-order chi connectivity index (χ1) is 10.4. The van der Waals surface area contributed by atoms with E-state index < -0.39 is 15.9 Å². The van der Waals surface area contributed by atoms with Gasteiger partial charge >= 0.3 is 0 Å². The summed E-state index contributed by atoms with van der Waals surface area (Å²) in [5.74, 6) is -0.0452. The maximum Gasteiger partial charge on any atom is 0.255 e. The minimum atomic E-state index is -1.85. The summed E-state index contributed by atoms with van der Waals surface area (Å²) in [6.45, 7) is 0. The van der Waals surface area contributed by atoms with Crippen LogP contribution in [0, 0.1) is 0 Å². The van der Waals surface area contributed by atoms with E-state index in [0.29, 0.717) is 10.8 Å². The number of carbonyl (C=O) groups excluding carboxylic acids is 1. The predicted molar refractivity (Wildman–Crippen MR) is 90.1 cm³/mol. The number of hydrogen-bond donors (Lipinski definition) is 1. The molecular formula is C15H11Cl4NO2. The van der Waals surface area contributed by atoms with Crippen LogP contribution in [0.5, 0.6) is 5.75 Å². The van der Waals surface area contributed by atoms with Crippen molar-refractivity contribution >= 4 is 52.3 Å². The Morgan fingerprint density at radius 2 is 1.59 bits per heavy atom. The quantitative estimate of drug-likeness (QED) is 0.610. The third kappa shape index (κ3) is 4.68. The Bertz CT molecular complexity index is 643. The molecule has 2 aromatic rings. The van der Waals surface area contributed by atoms with Crippen molar-refractivity contribution < 1.29 is 9.53 Å². The van der Waals surface area contributed by atoms with Crippen LogP contribution in [-0.2, 0) is 0 Å². The summed E-state index contributed by atoms with van der Waals surface area (Å²) in [7, 11) is 0. The summed E-state index contributed by atoms with van der Waals surface area (Å²) >= 11 is 23.6. The fourth-order valence-corrected chi connectivity index (χ4v) is 2.17. The van der Waals surface area contributed by atoms with Gasteiger partial charge in [0.15, 0.2) is 0 Å². The number of amides is 1. The van der Waals surface area contributed by atoms with E-state index in [1.54, 1.807) is 48.5 Å². The van der Waals surface area contributed by atoms with Gasteiger partial charge < -0.3 is 10.1 Å². The van der Waals surface area contributed by atoms with E-state index in [2.05, 4.69) is 5.32 Å². The second-order valence-electron chi connectivity index (χ2n) is 4.31. The van der Waals surface area contributed by atoms with Crippen LogP contribution in [0.4, 0.5) is 0 Å². The molecule has 0 bridgehead atoms. The molecule has 116 valence electrons. The molecule has 0 saturated heterocycles. The molecule has 0 spiro atoms. The van der Waals surface area contributed by atoms with Gasteiger partial charge in [-0.05, 0) is 24.3 Å². The average Bonchev–Trinajstić information content (AvgIpc) is 2.47. The number of hydrogen-bond acceptors (Lipinski definition) is 2. The van der Waals surface area contributed by atoms with Gasteiger partial charge in [0.25, 0.3) is 5.91 Å². The predicted octanol–water partition coefficient (Wildman–Crippen LogP) is 4.85. The van der Waals surface area contributed by atoms with Crippen LogP contribution in [0.3, 0.4) is 0 Å². The SMILES string of the molecule is O=C(N[C@H](Oc1ccccc1)C(Cl)(Cl)Cl)c1ccccc1Cl. The van der Waals surface area contributed by atoms with Crippen molar-refractivity contribution in [2.75, 3.05) is 0 Å². The lowest BCUT2D eigenvalue weighted by Gasteiger charge is -2.26. The van der Waals surface area contributed by atoms with E-state index in [4.69, 9.17) is 51.1 Å². The van der Waals surface area contributed by atoms with Crippen molar-refractivity contribution in [1.82, 2.24) is 5.32 Å². The molecule has 3 nitrogen and oxygen atoms in total. The van der Waals surface area contributed by atoms with Crippen LogP contribution in [0.2, 0.25) is 5.02 Å². The molecule has 0 unspecified atom stereocenters. The number of rotatable bonds is 4. The molecule has 0 aliphatic carbocycles. The van der Waals surface area contributed by atoms with Gasteiger partial charge in [0.05, 0.1) is 10.6 Å². The van der Waals surface area contributed by atoms with Gasteiger partial charge in [-0.3, -0.25) is 4.79 Å². The lowest BCUT2D eigenvalue weighted by Crippen LogP contribution is -2.47. The van der Waals surface area contributed by atoms with Gasteiger partial charge in [0.2, 0.25) is 10.0 Å². The van der Waals surface area contributed by atoms with Gasteiger partial charge in [-0.25, -0.2) is 0 Å². The second kappa shape index (κ2) is 7.42. The number of benzene rings is 2. The van der Waals surface area contributed by atoms with E-state index in [-0.39, 0.29) is 5.56 Å². The summed E-state index contributed by atoms with van der Waals surface area (Å²) in [4.78, 5) is 12.3. The molecule has 0 saturated carbocycles. The molecule has 1 atom stereocenters. The Kier molecular flexibility index (Phi) is 5.81. The molecule has 0 aliphatic heterocycles. The van der Waals surface area contributed by atoms with Crippen LogP contribution < -0.4 is 10.1 Å². The molecule has 22 heavy (non-hydrogen) atoms. The molecule has 0 fully saturated rings. The second-order valence-corrected chi connectivity index (χ2v) is 7.08. The largest absolute Gasteiger partial charge is 0.466 e. The number of ether oxygens (including phenoxy) is 1. The summed E-state index contributed by atoms with van der Waals surface area (Å²) in [6, 6.07) is 15.3. The highest BCUT2D eigenvalue weighted by Gasteiger charge is 2.36. The molecule has 0 radical (unpaired) electrons. The highest BCUT2D eigenvalue weighted by Crippen LogP contribution is 2.32. The van der Waals surface area contributed by atoms with Crippen molar-refractivity contribution in [2.24, 2.45) is 0 Å². The van der Waals surface area contributed by atoms with Crippen molar-refractivity contribution in [1.29, 1.82) is 0 Å².